The first-order valence-electron chi connectivity index (χ1n) is 11.5. The lowest BCUT2D eigenvalue weighted by molar-refractivity contribution is -0.120. The molecule has 1 heterocycles. The van der Waals surface area contributed by atoms with Crippen molar-refractivity contribution in [1.29, 1.82) is 0 Å². The Hall–Kier alpha value is -3.65. The summed E-state index contributed by atoms with van der Waals surface area (Å²) in [6.07, 6.45) is 1.32. The van der Waals surface area contributed by atoms with Crippen molar-refractivity contribution in [3.63, 3.8) is 0 Å². The molecule has 2 N–H and O–H groups in total. The highest BCUT2D eigenvalue weighted by Gasteiger charge is 2.26. The van der Waals surface area contributed by atoms with Crippen molar-refractivity contribution in [3.05, 3.63) is 89.5 Å². The van der Waals surface area contributed by atoms with Crippen molar-refractivity contribution in [2.75, 3.05) is 29.9 Å². The molecule has 1 unspecified atom stereocenters. The molecule has 3 aromatic carbocycles. The van der Waals surface area contributed by atoms with Gasteiger partial charge in [0.15, 0.2) is 0 Å². The van der Waals surface area contributed by atoms with Gasteiger partial charge in [-0.05, 0) is 54.8 Å². The maximum atomic E-state index is 13.4. The van der Waals surface area contributed by atoms with Crippen LogP contribution in [0.4, 0.5) is 16.2 Å². The molecule has 0 bridgehead atoms. The molecule has 0 saturated heterocycles. The molecule has 7 nitrogen and oxygen atoms in total. The minimum Gasteiger partial charge on any atom is -0.497 e. The Morgan fingerprint density at radius 1 is 1.09 bits per heavy atom. The monoisotopic (exact) mass is 490 g/mol. The van der Waals surface area contributed by atoms with Crippen LogP contribution in [0.15, 0.2) is 72.8 Å². The lowest BCUT2D eigenvalue weighted by Crippen LogP contribution is -2.51. The van der Waals surface area contributed by atoms with Crippen LogP contribution in [0, 0.1) is 6.92 Å². The van der Waals surface area contributed by atoms with E-state index in [0.29, 0.717) is 12.2 Å². The number of nitrogens with zero attached hydrogens (tertiary/aromatic N) is 2. The van der Waals surface area contributed by atoms with E-state index in [4.69, 9.17) is 4.74 Å². The molecule has 0 spiro atoms. The molecule has 0 fully saturated rings. The molecular formula is C27H30N4O3S. The highest BCUT2D eigenvalue weighted by atomic mass is 32.2. The SMILES string of the molecule is COc1ccc(N(C)C(=O)C(Cc2ccccc2)NC(=O)NSN2CCc3cc(C)ccc32)cc1. The number of methoxy groups -OCH3 is 1. The van der Waals surface area contributed by atoms with Crippen molar-refractivity contribution in [2.24, 2.45) is 0 Å². The van der Waals surface area contributed by atoms with E-state index in [2.05, 4.69) is 39.5 Å². The van der Waals surface area contributed by atoms with Crippen LogP contribution in [0.25, 0.3) is 0 Å². The molecule has 1 aliphatic rings. The standard InChI is InChI=1S/C27H30N4O3S/c1-19-9-14-25-21(17-19)15-16-31(25)35-29-27(33)28-24(18-20-7-5-4-6-8-20)26(32)30(2)22-10-12-23(34-3)13-11-22/h4-14,17,24H,15-16,18H2,1-3H3,(H2,28,29,33). The van der Waals surface area contributed by atoms with E-state index in [1.807, 2.05) is 42.5 Å². The normalized spacial score (nSPS) is 13.1. The number of likely N-dealkylation sites (N-methyl/N-ethyl adjacent to an activating group) is 1. The number of aryl methyl sites for hydroxylation is 1. The second-order valence-corrected chi connectivity index (χ2v) is 9.32. The number of nitrogens with one attached hydrogen (secondary N) is 2. The van der Waals surface area contributed by atoms with Crippen LogP contribution in [-0.2, 0) is 17.6 Å². The lowest BCUT2D eigenvalue weighted by atomic mass is 10.0. The summed E-state index contributed by atoms with van der Waals surface area (Å²) < 4.78 is 10.1. The molecule has 0 aromatic heterocycles. The molecule has 1 atom stereocenters. The first-order valence-corrected chi connectivity index (χ1v) is 12.3. The van der Waals surface area contributed by atoms with E-state index in [9.17, 15) is 9.59 Å². The van der Waals surface area contributed by atoms with Gasteiger partial charge >= 0.3 is 6.03 Å². The number of anilines is 2. The van der Waals surface area contributed by atoms with Crippen LogP contribution < -0.4 is 24.0 Å². The fraction of sp³-hybridized carbons (Fsp3) is 0.259. The fourth-order valence-corrected chi connectivity index (χ4v) is 4.81. The quantitative estimate of drug-likeness (QED) is 0.455. The summed E-state index contributed by atoms with van der Waals surface area (Å²) in [6, 6.07) is 22.1. The number of hydrogen-bond acceptors (Lipinski definition) is 5. The third-order valence-electron chi connectivity index (χ3n) is 6.01. The number of amides is 3. The highest BCUT2D eigenvalue weighted by Crippen LogP contribution is 2.32. The third-order valence-corrected chi connectivity index (χ3v) is 6.89. The van der Waals surface area contributed by atoms with E-state index in [1.165, 1.54) is 23.3 Å². The molecule has 0 radical (unpaired) electrons. The molecule has 4 rings (SSSR count). The summed E-state index contributed by atoms with van der Waals surface area (Å²) in [4.78, 5) is 27.8. The van der Waals surface area contributed by atoms with Gasteiger partial charge in [0.2, 0.25) is 5.91 Å². The Balaban J connectivity index is 1.43. The van der Waals surface area contributed by atoms with Gasteiger partial charge in [0.05, 0.1) is 24.9 Å². The van der Waals surface area contributed by atoms with Gasteiger partial charge in [-0.25, -0.2) is 4.79 Å². The summed E-state index contributed by atoms with van der Waals surface area (Å²) in [7, 11) is 3.31. The minimum absolute atomic E-state index is 0.207. The largest absolute Gasteiger partial charge is 0.497 e. The van der Waals surface area contributed by atoms with Gasteiger partial charge < -0.3 is 15.0 Å². The van der Waals surface area contributed by atoms with Crippen molar-refractivity contribution < 1.29 is 14.3 Å². The van der Waals surface area contributed by atoms with Crippen LogP contribution in [0.1, 0.15) is 16.7 Å². The van der Waals surface area contributed by atoms with Crippen LogP contribution in [0.3, 0.4) is 0 Å². The minimum atomic E-state index is -0.737. The maximum absolute atomic E-state index is 13.4. The van der Waals surface area contributed by atoms with Gasteiger partial charge in [0.1, 0.15) is 11.8 Å². The van der Waals surface area contributed by atoms with Crippen LogP contribution >= 0.6 is 12.1 Å². The fourth-order valence-electron chi connectivity index (χ4n) is 4.10. The van der Waals surface area contributed by atoms with Gasteiger partial charge in [0, 0.05) is 25.7 Å². The Morgan fingerprint density at radius 3 is 2.54 bits per heavy atom. The van der Waals surface area contributed by atoms with Crippen LogP contribution in [-0.4, -0.2) is 38.7 Å². The van der Waals surface area contributed by atoms with Crippen LogP contribution in [0.5, 0.6) is 5.75 Å². The van der Waals surface area contributed by atoms with Gasteiger partial charge in [-0.3, -0.25) is 13.8 Å². The van der Waals surface area contributed by atoms with Crippen molar-refractivity contribution >= 4 is 35.4 Å². The summed E-state index contributed by atoms with van der Waals surface area (Å²) in [6.45, 7) is 2.89. The third kappa shape index (κ3) is 6.08. The van der Waals surface area contributed by atoms with Crippen molar-refractivity contribution in [2.45, 2.75) is 25.8 Å². The van der Waals surface area contributed by atoms with E-state index in [-0.39, 0.29) is 5.91 Å². The summed E-state index contributed by atoms with van der Waals surface area (Å²) in [5.41, 5.74) is 5.29. The van der Waals surface area contributed by atoms with E-state index < -0.39 is 12.1 Å². The lowest BCUT2D eigenvalue weighted by Gasteiger charge is -2.25. The molecule has 182 valence electrons. The topological polar surface area (TPSA) is 73.9 Å². The van der Waals surface area contributed by atoms with Gasteiger partial charge in [-0.2, -0.15) is 0 Å². The average Bonchev–Trinajstić information content (AvgIpc) is 3.28. The smallest absolute Gasteiger partial charge is 0.326 e. The Labute approximate surface area is 210 Å². The molecular weight excluding hydrogens is 460 g/mol. The summed E-state index contributed by atoms with van der Waals surface area (Å²) in [5.74, 6) is 0.504. The summed E-state index contributed by atoms with van der Waals surface area (Å²) in [5, 5.41) is 2.88. The van der Waals surface area contributed by atoms with E-state index in [1.54, 1.807) is 31.2 Å². The first kappa shape index (κ1) is 24.5. The molecule has 0 saturated carbocycles. The van der Waals surface area contributed by atoms with E-state index >= 15 is 0 Å². The highest BCUT2D eigenvalue weighted by molar-refractivity contribution is 7.99. The number of rotatable bonds is 8. The molecule has 3 aromatic rings. The zero-order chi connectivity index (χ0) is 24.8. The Kier molecular flexibility index (Phi) is 7.82. The molecule has 35 heavy (non-hydrogen) atoms. The van der Waals surface area contributed by atoms with Gasteiger partial charge in [-0.15, -0.1) is 0 Å². The number of carbonyl (C=O) groups excluding carboxylic acids is 2. The second kappa shape index (κ2) is 11.2. The molecule has 1 aliphatic heterocycles. The predicted molar refractivity (Wildman–Crippen MR) is 142 cm³/mol. The average molecular weight is 491 g/mol. The number of fused-ring (bicyclic) bond motifs is 1. The van der Waals surface area contributed by atoms with Crippen molar-refractivity contribution in [3.8, 4) is 5.75 Å². The number of carbonyl (C=O) groups is 2. The van der Waals surface area contributed by atoms with Gasteiger partial charge in [0.25, 0.3) is 0 Å². The number of ether oxygens (including phenoxy) is 1. The van der Waals surface area contributed by atoms with Crippen LogP contribution in [0.2, 0.25) is 0 Å². The van der Waals surface area contributed by atoms with Gasteiger partial charge in [-0.1, -0.05) is 48.0 Å². The predicted octanol–water partition coefficient (Wildman–Crippen LogP) is 4.50. The zero-order valence-electron chi connectivity index (χ0n) is 20.2. The number of benzene rings is 3. The Bertz CT molecular complexity index is 1170. The number of hydrogen-bond donors (Lipinski definition) is 2. The summed E-state index contributed by atoms with van der Waals surface area (Å²) >= 11 is 1.24. The maximum Gasteiger partial charge on any atom is 0.326 e. The molecule has 8 heteroatoms. The zero-order valence-corrected chi connectivity index (χ0v) is 21.0. The second-order valence-electron chi connectivity index (χ2n) is 8.49. The first-order chi connectivity index (χ1) is 16.9. The molecule has 3 amide bonds. The van der Waals surface area contributed by atoms with E-state index in [0.717, 1.165) is 29.9 Å². The Morgan fingerprint density at radius 2 is 1.83 bits per heavy atom. The number of urea groups is 1. The molecule has 0 aliphatic carbocycles. The van der Waals surface area contributed by atoms with Crippen molar-refractivity contribution in [1.82, 2.24) is 10.0 Å².